The first-order valence-electron chi connectivity index (χ1n) is 19.5. The standard InChI is InChI=1S/C41H59N7O6S/c1-28(2)25-34(38(52)45-31(36(43)50)18-24-55-3)47-23-20-41(40(47)54)19-12-22-48(41)39(53)33(27-30-15-8-5-9-16-30)46-37(51)32(26-29-13-6-4-7-14-29)44-35(49)17-10-11-21-42/h4-9,13-16,28,31-34H,10-12,17-27,42H2,1-3H3,(H2,43,50)(H,44,49)(H,45,52)(H,46,51)/t31-,32-,33-,34-,41+/m0/s1. The van der Waals surface area contributed by atoms with E-state index in [9.17, 15) is 28.8 Å². The van der Waals surface area contributed by atoms with Crippen LogP contribution in [-0.2, 0) is 41.6 Å². The molecule has 0 aromatic heterocycles. The quantitative estimate of drug-likeness (QED) is 0.119. The minimum atomic E-state index is -1.19. The summed E-state index contributed by atoms with van der Waals surface area (Å²) in [5.41, 5.74) is 11.7. The van der Waals surface area contributed by atoms with Gasteiger partial charge in [0.05, 0.1) is 0 Å². The lowest BCUT2D eigenvalue weighted by Gasteiger charge is -2.37. The third-order valence-corrected chi connectivity index (χ3v) is 11.2. The molecule has 2 fully saturated rings. The third kappa shape index (κ3) is 11.8. The van der Waals surface area contributed by atoms with Crippen molar-refractivity contribution in [1.82, 2.24) is 25.8 Å². The topological polar surface area (TPSA) is 197 Å². The SMILES string of the molecule is CSCC[C@H](NC(=O)[C@H](CC(C)C)N1CC[C@]2(CCCN2C(=O)[C@H](Cc2ccccc2)NC(=O)[C@H](Cc2ccccc2)NC(=O)CCCCN)C1=O)C(N)=O. The maximum Gasteiger partial charge on any atom is 0.249 e. The number of rotatable bonds is 21. The van der Waals surface area contributed by atoms with Crippen molar-refractivity contribution in [2.24, 2.45) is 17.4 Å². The zero-order valence-corrected chi connectivity index (χ0v) is 33.3. The van der Waals surface area contributed by atoms with Gasteiger partial charge < -0.3 is 37.2 Å². The van der Waals surface area contributed by atoms with E-state index in [0.717, 1.165) is 11.1 Å². The fourth-order valence-corrected chi connectivity index (χ4v) is 8.11. The number of nitrogens with one attached hydrogen (secondary N) is 3. The van der Waals surface area contributed by atoms with Crippen LogP contribution in [0.25, 0.3) is 0 Å². The molecular formula is C41H59N7O6S. The maximum absolute atomic E-state index is 14.8. The van der Waals surface area contributed by atoms with Crippen LogP contribution in [0.3, 0.4) is 0 Å². The summed E-state index contributed by atoms with van der Waals surface area (Å²) >= 11 is 1.54. The lowest BCUT2D eigenvalue weighted by atomic mass is 9.92. The van der Waals surface area contributed by atoms with Gasteiger partial charge in [-0.25, -0.2) is 0 Å². The van der Waals surface area contributed by atoms with E-state index in [1.165, 1.54) is 11.8 Å². The van der Waals surface area contributed by atoms with Gasteiger partial charge in [-0.15, -0.1) is 0 Å². The van der Waals surface area contributed by atoms with Crippen molar-refractivity contribution in [2.75, 3.05) is 31.6 Å². The fraction of sp³-hybridized carbons (Fsp3) is 0.561. The van der Waals surface area contributed by atoms with Gasteiger partial charge in [0.25, 0.3) is 0 Å². The first-order valence-corrected chi connectivity index (χ1v) is 20.9. The van der Waals surface area contributed by atoms with Gasteiger partial charge in [-0.05, 0) is 80.5 Å². The Kier molecular flexibility index (Phi) is 16.6. The molecule has 55 heavy (non-hydrogen) atoms. The van der Waals surface area contributed by atoms with Crippen LogP contribution in [0, 0.1) is 5.92 Å². The molecule has 0 aliphatic carbocycles. The zero-order valence-electron chi connectivity index (χ0n) is 32.5. The summed E-state index contributed by atoms with van der Waals surface area (Å²) in [4.78, 5) is 85.8. The van der Waals surface area contributed by atoms with Crippen molar-refractivity contribution in [2.45, 2.75) is 108 Å². The predicted molar refractivity (Wildman–Crippen MR) is 214 cm³/mol. The number of nitrogens with two attached hydrogens (primary N) is 2. The van der Waals surface area contributed by atoms with E-state index in [2.05, 4.69) is 16.0 Å². The van der Waals surface area contributed by atoms with Gasteiger partial charge in [-0.3, -0.25) is 28.8 Å². The molecule has 2 aromatic carbocycles. The van der Waals surface area contributed by atoms with E-state index >= 15 is 0 Å². The van der Waals surface area contributed by atoms with Crippen LogP contribution in [0.1, 0.15) is 76.3 Å². The summed E-state index contributed by atoms with van der Waals surface area (Å²) < 4.78 is 0. The van der Waals surface area contributed by atoms with Gasteiger partial charge in [0, 0.05) is 32.4 Å². The van der Waals surface area contributed by atoms with Crippen LogP contribution in [-0.4, -0.2) is 107 Å². The Morgan fingerprint density at radius 3 is 2.02 bits per heavy atom. The molecule has 0 unspecified atom stereocenters. The largest absolute Gasteiger partial charge is 0.368 e. The molecule has 2 aliphatic heterocycles. The summed E-state index contributed by atoms with van der Waals surface area (Å²) in [5.74, 6) is -1.89. The molecule has 2 aromatic rings. The highest BCUT2D eigenvalue weighted by atomic mass is 32.2. The van der Waals surface area contributed by atoms with Crippen molar-refractivity contribution >= 4 is 47.2 Å². The van der Waals surface area contributed by atoms with Gasteiger partial charge in [0.15, 0.2) is 0 Å². The molecule has 300 valence electrons. The van der Waals surface area contributed by atoms with Crippen molar-refractivity contribution in [3.05, 3.63) is 71.8 Å². The van der Waals surface area contributed by atoms with E-state index in [-0.39, 0.29) is 43.5 Å². The number of thioether (sulfide) groups is 1. The van der Waals surface area contributed by atoms with E-state index < -0.39 is 53.3 Å². The number of likely N-dealkylation sites (tertiary alicyclic amines) is 2. The van der Waals surface area contributed by atoms with Gasteiger partial charge in [-0.2, -0.15) is 11.8 Å². The average Bonchev–Trinajstić information content (AvgIpc) is 3.74. The minimum Gasteiger partial charge on any atom is -0.368 e. The van der Waals surface area contributed by atoms with E-state index in [0.29, 0.717) is 63.8 Å². The molecule has 2 aliphatic rings. The second-order valence-electron chi connectivity index (χ2n) is 15.1. The molecule has 5 atom stereocenters. The molecule has 1 spiro atoms. The Morgan fingerprint density at radius 1 is 0.818 bits per heavy atom. The number of unbranched alkanes of at least 4 members (excludes halogenated alkanes) is 1. The summed E-state index contributed by atoms with van der Waals surface area (Å²) in [6.07, 6.45) is 5.83. The molecule has 13 nitrogen and oxygen atoms in total. The summed E-state index contributed by atoms with van der Waals surface area (Å²) in [6, 6.07) is 15.0. The summed E-state index contributed by atoms with van der Waals surface area (Å²) in [6.45, 7) is 4.95. The molecule has 14 heteroatoms. The van der Waals surface area contributed by atoms with Gasteiger partial charge in [0.2, 0.25) is 35.4 Å². The van der Waals surface area contributed by atoms with Crippen molar-refractivity contribution < 1.29 is 28.8 Å². The fourth-order valence-electron chi connectivity index (χ4n) is 7.64. The smallest absolute Gasteiger partial charge is 0.249 e. The number of amides is 6. The molecule has 0 radical (unpaired) electrons. The normalized spacial score (nSPS) is 18.9. The lowest BCUT2D eigenvalue weighted by Crippen LogP contribution is -2.61. The van der Waals surface area contributed by atoms with Gasteiger partial charge >= 0.3 is 0 Å². The third-order valence-electron chi connectivity index (χ3n) is 10.5. The second-order valence-corrected chi connectivity index (χ2v) is 16.1. The van der Waals surface area contributed by atoms with Crippen LogP contribution in [0.4, 0.5) is 0 Å². The average molecular weight is 778 g/mol. The minimum absolute atomic E-state index is 0.0510. The Labute approximate surface area is 329 Å². The van der Waals surface area contributed by atoms with Crippen LogP contribution in [0.15, 0.2) is 60.7 Å². The molecule has 4 rings (SSSR count). The number of carbonyl (C=O) groups excluding carboxylic acids is 6. The highest BCUT2D eigenvalue weighted by Gasteiger charge is 2.57. The van der Waals surface area contributed by atoms with Crippen LogP contribution in [0.2, 0.25) is 0 Å². The summed E-state index contributed by atoms with van der Waals surface area (Å²) in [5, 5.41) is 8.68. The Morgan fingerprint density at radius 2 is 1.44 bits per heavy atom. The highest BCUT2D eigenvalue weighted by molar-refractivity contribution is 7.98. The monoisotopic (exact) mass is 777 g/mol. The molecule has 6 amide bonds. The van der Waals surface area contributed by atoms with Crippen molar-refractivity contribution in [3.8, 4) is 0 Å². The number of hydrogen-bond acceptors (Lipinski definition) is 8. The Hall–Kier alpha value is -4.43. The lowest BCUT2D eigenvalue weighted by molar-refractivity contribution is -0.151. The van der Waals surface area contributed by atoms with Crippen LogP contribution >= 0.6 is 11.8 Å². The highest BCUT2D eigenvalue weighted by Crippen LogP contribution is 2.40. The number of hydrogen-bond donors (Lipinski definition) is 5. The van der Waals surface area contributed by atoms with Gasteiger partial charge in [-0.1, -0.05) is 74.5 Å². The number of primary amides is 1. The van der Waals surface area contributed by atoms with E-state index in [4.69, 9.17) is 11.5 Å². The molecular weight excluding hydrogens is 719 g/mol. The second kappa shape index (κ2) is 21.0. The molecule has 2 saturated heterocycles. The van der Waals surface area contributed by atoms with E-state index in [1.807, 2.05) is 80.8 Å². The predicted octanol–water partition coefficient (Wildman–Crippen LogP) is 2.30. The molecule has 0 saturated carbocycles. The number of nitrogens with zero attached hydrogens (tertiary/aromatic N) is 2. The van der Waals surface area contributed by atoms with Crippen molar-refractivity contribution in [3.63, 3.8) is 0 Å². The maximum atomic E-state index is 14.8. The van der Waals surface area contributed by atoms with Crippen LogP contribution in [0.5, 0.6) is 0 Å². The number of benzene rings is 2. The Bertz CT molecular complexity index is 1610. The molecule has 0 bridgehead atoms. The Balaban J connectivity index is 1.60. The van der Waals surface area contributed by atoms with E-state index in [1.54, 1.807) is 9.80 Å². The molecule has 7 N–H and O–H groups in total. The summed E-state index contributed by atoms with van der Waals surface area (Å²) in [7, 11) is 0. The molecule has 2 heterocycles. The first kappa shape index (κ1) is 43.3. The first-order chi connectivity index (χ1) is 26.4. The number of carbonyl (C=O) groups is 6. The van der Waals surface area contributed by atoms with Gasteiger partial charge in [0.1, 0.15) is 29.7 Å². The van der Waals surface area contributed by atoms with Crippen molar-refractivity contribution in [1.29, 1.82) is 0 Å². The zero-order chi connectivity index (χ0) is 40.0. The van der Waals surface area contributed by atoms with Crippen LogP contribution < -0.4 is 27.4 Å².